The molecule has 1 heterocycles. The first-order chi connectivity index (χ1) is 16.7. The maximum Gasteiger partial charge on any atom is 0.245 e. The Labute approximate surface area is 209 Å². The Morgan fingerprint density at radius 1 is 1.26 bits per heavy atom. The zero-order valence-corrected chi connectivity index (χ0v) is 20.7. The van der Waals surface area contributed by atoms with Crippen molar-refractivity contribution in [2.75, 3.05) is 13.1 Å². The molecule has 0 bridgehead atoms. The summed E-state index contributed by atoms with van der Waals surface area (Å²) in [7, 11) is -3.93. The summed E-state index contributed by atoms with van der Waals surface area (Å²) in [5.74, 6) is -0.269. The predicted octanol–water partition coefficient (Wildman–Crippen LogP) is 5.24. The normalized spacial score (nSPS) is 21.3. The first kappa shape index (κ1) is 23.7. The number of aromatic nitrogens is 2. The van der Waals surface area contributed by atoms with Gasteiger partial charge in [-0.15, -0.1) is 0 Å². The van der Waals surface area contributed by atoms with Crippen LogP contribution in [-0.2, 0) is 16.4 Å². The van der Waals surface area contributed by atoms with E-state index < -0.39 is 10.0 Å². The molecule has 9 heteroatoms. The quantitative estimate of drug-likeness (QED) is 0.425. The van der Waals surface area contributed by atoms with Crippen molar-refractivity contribution in [2.45, 2.75) is 31.1 Å². The van der Waals surface area contributed by atoms with Crippen molar-refractivity contribution in [3.8, 4) is 11.8 Å². The fraction of sp³-hybridized carbons (Fsp3) is 0.308. The molecule has 0 amide bonds. The van der Waals surface area contributed by atoms with Gasteiger partial charge in [-0.05, 0) is 78.6 Å². The Hall–Kier alpha value is -2.99. The molecule has 0 spiro atoms. The van der Waals surface area contributed by atoms with E-state index in [1.54, 1.807) is 24.3 Å². The molecule has 0 radical (unpaired) electrons. The number of rotatable bonds is 6. The minimum atomic E-state index is -3.93. The van der Waals surface area contributed by atoms with Gasteiger partial charge in [0, 0.05) is 6.54 Å². The molecule has 3 aromatic rings. The van der Waals surface area contributed by atoms with E-state index in [4.69, 9.17) is 11.6 Å². The number of benzene rings is 2. The van der Waals surface area contributed by atoms with Crippen LogP contribution in [-0.4, -0.2) is 35.6 Å². The van der Waals surface area contributed by atoms with Crippen LogP contribution in [0.25, 0.3) is 11.8 Å². The molecule has 0 saturated heterocycles. The number of halogens is 2. The zero-order chi connectivity index (χ0) is 24.8. The van der Waals surface area contributed by atoms with Gasteiger partial charge in [0.05, 0.1) is 28.7 Å². The summed E-state index contributed by atoms with van der Waals surface area (Å²) in [5.41, 5.74) is 3.81. The maximum atomic E-state index is 13.4. The van der Waals surface area contributed by atoms with Gasteiger partial charge < -0.3 is 0 Å². The summed E-state index contributed by atoms with van der Waals surface area (Å²) < 4.78 is 43.3. The van der Waals surface area contributed by atoms with Gasteiger partial charge in [-0.2, -0.15) is 14.7 Å². The molecule has 1 aromatic heterocycles. The number of fused-ring (bicyclic) bond motifs is 2. The van der Waals surface area contributed by atoms with Crippen molar-refractivity contribution in [1.29, 1.82) is 5.26 Å². The third-order valence-corrected chi connectivity index (χ3v) is 9.66. The van der Waals surface area contributed by atoms with Gasteiger partial charge in [0.25, 0.3) is 0 Å². The second-order valence-corrected chi connectivity index (χ2v) is 11.6. The minimum Gasteiger partial charge on any atom is -0.233 e. The topological polar surface area (TPSA) is 79.0 Å². The Kier molecular flexibility index (Phi) is 6.04. The molecule has 5 rings (SSSR count). The molecule has 2 atom stereocenters. The smallest absolute Gasteiger partial charge is 0.233 e. The van der Waals surface area contributed by atoms with Crippen molar-refractivity contribution in [3.05, 3.63) is 82.4 Å². The Morgan fingerprint density at radius 3 is 2.71 bits per heavy atom. The van der Waals surface area contributed by atoms with Crippen molar-refractivity contribution >= 4 is 27.7 Å². The highest BCUT2D eigenvalue weighted by atomic mass is 35.5. The van der Waals surface area contributed by atoms with E-state index in [2.05, 4.69) is 18.1 Å². The minimum absolute atomic E-state index is 0.0161. The second-order valence-electron chi connectivity index (χ2n) is 9.33. The van der Waals surface area contributed by atoms with Gasteiger partial charge in [-0.25, -0.2) is 17.5 Å². The third-order valence-electron chi connectivity index (χ3n) is 7.35. The van der Waals surface area contributed by atoms with Crippen LogP contribution in [0.1, 0.15) is 31.0 Å². The highest BCUT2D eigenvalue weighted by molar-refractivity contribution is 7.89. The van der Waals surface area contributed by atoms with Crippen molar-refractivity contribution < 1.29 is 12.8 Å². The number of nitrogens with zero attached hydrogens (tertiary/aromatic N) is 4. The molecule has 0 unspecified atom stereocenters. The number of hydrogen-bond donors (Lipinski definition) is 0. The third kappa shape index (κ3) is 4.08. The van der Waals surface area contributed by atoms with Gasteiger partial charge in [0.1, 0.15) is 17.3 Å². The van der Waals surface area contributed by atoms with Crippen LogP contribution in [0, 0.1) is 28.5 Å². The van der Waals surface area contributed by atoms with Crippen LogP contribution in [0.2, 0.25) is 5.02 Å². The Balaban J connectivity index is 1.45. The molecule has 35 heavy (non-hydrogen) atoms. The summed E-state index contributed by atoms with van der Waals surface area (Å²) in [6.07, 6.45) is 6.34. The van der Waals surface area contributed by atoms with Crippen LogP contribution in [0.5, 0.6) is 0 Å². The van der Waals surface area contributed by atoms with Crippen LogP contribution in [0.4, 0.5) is 4.39 Å². The van der Waals surface area contributed by atoms with Gasteiger partial charge in [-0.3, -0.25) is 0 Å². The largest absolute Gasteiger partial charge is 0.245 e. The lowest BCUT2D eigenvalue weighted by Crippen LogP contribution is -2.41. The van der Waals surface area contributed by atoms with Crippen molar-refractivity contribution in [3.63, 3.8) is 0 Å². The number of allylic oxidation sites excluding steroid dienone is 1. The van der Waals surface area contributed by atoms with E-state index >= 15 is 0 Å². The zero-order valence-electron chi connectivity index (χ0n) is 19.2. The van der Waals surface area contributed by atoms with Gasteiger partial charge in [0.15, 0.2) is 0 Å². The van der Waals surface area contributed by atoms with Crippen molar-refractivity contribution in [1.82, 2.24) is 14.1 Å². The van der Waals surface area contributed by atoms with Crippen LogP contribution >= 0.6 is 11.6 Å². The molecule has 6 nitrogen and oxygen atoms in total. The predicted molar refractivity (Wildman–Crippen MR) is 132 cm³/mol. The fourth-order valence-electron chi connectivity index (χ4n) is 5.38. The average molecular weight is 511 g/mol. The lowest BCUT2D eigenvalue weighted by molar-refractivity contribution is 0.228. The molecule has 0 aliphatic heterocycles. The SMILES string of the molecule is C[C@]12Cc3cnn(-c4ccc(F)cc4)c3C=C1CC[C@@H]2CN(CC#N)S(=O)(=O)c1ccccc1Cl. The lowest BCUT2D eigenvalue weighted by Gasteiger charge is -2.37. The van der Waals surface area contributed by atoms with Crippen LogP contribution in [0.15, 0.2) is 65.2 Å². The summed E-state index contributed by atoms with van der Waals surface area (Å²) >= 11 is 6.20. The molecule has 2 aliphatic carbocycles. The first-order valence-electron chi connectivity index (χ1n) is 11.4. The standard InChI is InChI=1S/C26H24ClFN4O2S/c1-26-15-18-16-30-32(22-10-8-21(28)9-11-22)24(18)14-19(26)6-7-20(26)17-31(13-12-29)35(33,34)25-5-3-2-4-23(25)27/h2-5,8-11,14,16,20H,6-7,13,15,17H2,1H3/t20-,26+/m1/s1. The molecule has 2 aromatic carbocycles. The fourth-order valence-corrected chi connectivity index (χ4v) is 7.25. The molecule has 180 valence electrons. The first-order valence-corrected chi connectivity index (χ1v) is 13.2. The number of nitriles is 1. The van der Waals surface area contributed by atoms with Gasteiger partial charge >= 0.3 is 0 Å². The van der Waals surface area contributed by atoms with Gasteiger partial charge in [-0.1, -0.05) is 36.2 Å². The summed E-state index contributed by atoms with van der Waals surface area (Å²) in [5, 5.41) is 14.1. The molecule has 0 N–H and O–H groups in total. The van der Waals surface area contributed by atoms with Crippen LogP contribution in [0.3, 0.4) is 0 Å². The molecular weight excluding hydrogens is 487 g/mol. The van der Waals surface area contributed by atoms with E-state index in [1.165, 1.54) is 34.1 Å². The number of hydrogen-bond acceptors (Lipinski definition) is 4. The lowest BCUT2D eigenvalue weighted by atomic mass is 9.70. The highest BCUT2D eigenvalue weighted by Gasteiger charge is 2.47. The van der Waals surface area contributed by atoms with E-state index in [9.17, 15) is 18.1 Å². The monoisotopic (exact) mass is 510 g/mol. The van der Waals surface area contributed by atoms with Crippen LogP contribution < -0.4 is 0 Å². The maximum absolute atomic E-state index is 13.4. The number of sulfonamides is 1. The van der Waals surface area contributed by atoms with Crippen molar-refractivity contribution in [2.24, 2.45) is 11.3 Å². The second kappa shape index (κ2) is 8.90. The van der Waals surface area contributed by atoms with E-state index in [1.807, 2.05) is 16.9 Å². The van der Waals surface area contributed by atoms with E-state index in [-0.39, 0.29) is 40.2 Å². The van der Waals surface area contributed by atoms with E-state index in [0.717, 1.165) is 29.8 Å². The molecule has 2 aliphatic rings. The summed E-state index contributed by atoms with van der Waals surface area (Å²) in [6.45, 7) is 2.16. The van der Waals surface area contributed by atoms with E-state index in [0.29, 0.717) is 6.42 Å². The summed E-state index contributed by atoms with van der Waals surface area (Å²) in [6, 6.07) is 14.6. The Morgan fingerprint density at radius 2 is 2.00 bits per heavy atom. The molecule has 1 saturated carbocycles. The average Bonchev–Trinajstić information content (AvgIpc) is 3.37. The Bertz CT molecular complexity index is 1460. The molecular formula is C26H24ClFN4O2S. The van der Waals surface area contributed by atoms with Gasteiger partial charge in [0.2, 0.25) is 10.0 Å². The summed E-state index contributed by atoms with van der Waals surface area (Å²) in [4.78, 5) is 0.0161. The molecule has 1 fully saturated rings. The highest BCUT2D eigenvalue weighted by Crippen LogP contribution is 2.53.